The number of ether oxygens (including phenoxy) is 4. The molecular weight excluding hydrogens is 1200 g/mol. The number of rotatable bonds is 69. The van der Waals surface area contributed by atoms with Crippen LogP contribution in [0.1, 0.15) is 357 Å². The molecule has 0 aromatic carbocycles. The first-order valence-electron chi connectivity index (χ1n) is 37.2. The van der Waals surface area contributed by atoms with Gasteiger partial charge >= 0.3 is 39.5 Å². The van der Waals surface area contributed by atoms with Gasteiger partial charge in [0, 0.05) is 25.7 Å². The Labute approximate surface area is 556 Å². The first-order valence-corrected chi connectivity index (χ1v) is 40.2. The molecule has 0 amide bonds. The fourth-order valence-electron chi connectivity index (χ4n) is 10.8. The highest BCUT2D eigenvalue weighted by molar-refractivity contribution is 7.47. The minimum absolute atomic E-state index is 0.104. The number of aliphatic hydroxyl groups excluding tert-OH is 1. The van der Waals surface area contributed by atoms with Crippen LogP contribution in [0.5, 0.6) is 0 Å². The number of hydrogen-bond acceptors (Lipinski definition) is 15. The van der Waals surface area contributed by atoms with Crippen molar-refractivity contribution in [3.05, 3.63) is 0 Å². The minimum atomic E-state index is -4.95. The van der Waals surface area contributed by atoms with Crippen LogP contribution in [0.4, 0.5) is 0 Å². The van der Waals surface area contributed by atoms with Crippen LogP contribution < -0.4 is 0 Å². The van der Waals surface area contributed by atoms with E-state index in [-0.39, 0.29) is 25.7 Å². The fourth-order valence-corrected chi connectivity index (χ4v) is 12.4. The van der Waals surface area contributed by atoms with Gasteiger partial charge < -0.3 is 33.8 Å². The second-order valence-corrected chi connectivity index (χ2v) is 30.6. The lowest BCUT2D eigenvalue weighted by Gasteiger charge is -2.21. The molecule has 0 aromatic rings. The van der Waals surface area contributed by atoms with Crippen molar-refractivity contribution < 1.29 is 80.2 Å². The monoisotopic (exact) mass is 1340 g/mol. The van der Waals surface area contributed by atoms with Crippen molar-refractivity contribution in [3.8, 4) is 0 Å². The average molecular weight is 1340 g/mol. The third kappa shape index (κ3) is 65.1. The predicted octanol–water partition coefficient (Wildman–Crippen LogP) is 20.5. The van der Waals surface area contributed by atoms with E-state index in [0.717, 1.165) is 114 Å². The van der Waals surface area contributed by atoms with Gasteiger partial charge in [-0.2, -0.15) is 0 Å². The first-order chi connectivity index (χ1) is 43.6. The zero-order valence-electron chi connectivity index (χ0n) is 59.5. The molecule has 0 radical (unpaired) electrons. The molecule has 0 aromatic heterocycles. The Hall–Kier alpha value is -1.94. The van der Waals surface area contributed by atoms with Crippen LogP contribution in [-0.2, 0) is 65.4 Å². The summed E-state index contributed by atoms with van der Waals surface area (Å²) in [5, 5.41) is 10.6. The average Bonchev–Trinajstić information content (AvgIpc) is 3.44. The molecule has 0 saturated carbocycles. The maximum absolute atomic E-state index is 13.0. The molecule has 6 atom stereocenters. The number of hydrogen-bond donors (Lipinski definition) is 3. The van der Waals surface area contributed by atoms with Gasteiger partial charge in [0.25, 0.3) is 0 Å². The Bertz CT molecular complexity index is 1800. The second kappa shape index (κ2) is 61.6. The number of aliphatic hydroxyl groups is 1. The Balaban J connectivity index is 5.26. The van der Waals surface area contributed by atoms with Crippen LogP contribution in [0.2, 0.25) is 0 Å². The lowest BCUT2D eigenvalue weighted by Crippen LogP contribution is -2.30. The molecule has 0 rings (SSSR count). The lowest BCUT2D eigenvalue weighted by atomic mass is 9.99. The topological polar surface area (TPSA) is 237 Å². The quantitative estimate of drug-likeness (QED) is 0.0222. The summed E-state index contributed by atoms with van der Waals surface area (Å²) in [6.45, 7) is 14.1. The number of phosphoric acid groups is 2. The Kier molecular flexibility index (Phi) is 60.3. The van der Waals surface area contributed by atoms with E-state index in [1.54, 1.807) is 0 Å². The minimum Gasteiger partial charge on any atom is -0.462 e. The highest BCUT2D eigenvalue weighted by Crippen LogP contribution is 2.45. The molecule has 91 heavy (non-hydrogen) atoms. The predicted molar refractivity (Wildman–Crippen MR) is 367 cm³/mol. The van der Waals surface area contributed by atoms with Gasteiger partial charge in [-0.15, -0.1) is 0 Å². The van der Waals surface area contributed by atoms with Gasteiger partial charge in [-0.25, -0.2) is 9.13 Å². The van der Waals surface area contributed by atoms with Gasteiger partial charge in [0.15, 0.2) is 12.2 Å². The van der Waals surface area contributed by atoms with E-state index in [1.165, 1.54) is 154 Å². The molecule has 0 aliphatic carbocycles. The summed E-state index contributed by atoms with van der Waals surface area (Å²) in [6, 6.07) is 0. The van der Waals surface area contributed by atoms with E-state index >= 15 is 0 Å². The zero-order valence-corrected chi connectivity index (χ0v) is 61.3. The summed E-state index contributed by atoms with van der Waals surface area (Å²) in [5.74, 6) is 0.892. The van der Waals surface area contributed by atoms with Gasteiger partial charge in [-0.3, -0.25) is 37.3 Å². The molecule has 4 unspecified atom stereocenters. The van der Waals surface area contributed by atoms with Crippen LogP contribution in [0.25, 0.3) is 0 Å². The van der Waals surface area contributed by atoms with Gasteiger partial charge in [0.2, 0.25) is 0 Å². The van der Waals surface area contributed by atoms with E-state index in [2.05, 4.69) is 55.4 Å². The van der Waals surface area contributed by atoms with Crippen molar-refractivity contribution in [3.63, 3.8) is 0 Å². The molecule has 0 aliphatic heterocycles. The molecule has 17 nitrogen and oxygen atoms in total. The molecule has 3 N–H and O–H groups in total. The van der Waals surface area contributed by atoms with Crippen molar-refractivity contribution in [2.75, 3.05) is 39.6 Å². The van der Waals surface area contributed by atoms with E-state index in [0.29, 0.717) is 31.6 Å². The molecule has 0 bridgehead atoms. The molecule has 19 heteroatoms. The van der Waals surface area contributed by atoms with Crippen LogP contribution in [0.3, 0.4) is 0 Å². The molecule has 0 fully saturated rings. The number of unbranched alkanes of at least 4 members (excludes halogenated alkanes) is 34. The fraction of sp³-hybridized carbons (Fsp3) is 0.944. The molecule has 0 aliphatic rings. The van der Waals surface area contributed by atoms with E-state index < -0.39 is 97.5 Å². The molecule has 0 saturated heterocycles. The van der Waals surface area contributed by atoms with Crippen molar-refractivity contribution in [1.82, 2.24) is 0 Å². The van der Waals surface area contributed by atoms with Crippen LogP contribution >= 0.6 is 15.6 Å². The van der Waals surface area contributed by atoms with Gasteiger partial charge in [0.1, 0.15) is 19.3 Å². The standard InChI is InChI=1S/C72H140O17P2/c1-9-65(8)51-43-35-27-21-22-30-39-47-55-72(77)89-68(59-83-70(75)53-45-37-31-23-26-34-42-50-64(6)7)61-87-91(80,81)85-57-66(73)56-84-90(78,79)86-60-67(58-82-69(74)52-44-36-28-19-16-15-18-25-33-41-49-63(4)5)88-71(76)54-46-38-29-20-14-12-10-11-13-17-24-32-40-48-62(2)3/h62-68,73H,9-61H2,1-8H3,(H,78,79)(H,80,81)/t65?,66?,67-,68-/m1/s1. The molecule has 0 spiro atoms. The third-order valence-corrected chi connectivity index (χ3v) is 18.8. The van der Waals surface area contributed by atoms with Crippen molar-refractivity contribution in [1.29, 1.82) is 0 Å². The summed E-state index contributed by atoms with van der Waals surface area (Å²) in [7, 11) is -9.91. The number of esters is 4. The summed E-state index contributed by atoms with van der Waals surface area (Å²) in [4.78, 5) is 72.6. The van der Waals surface area contributed by atoms with Gasteiger partial charge in [0.05, 0.1) is 26.4 Å². The summed E-state index contributed by atoms with van der Waals surface area (Å²) < 4.78 is 68.4. The summed E-state index contributed by atoms with van der Waals surface area (Å²) in [5.41, 5.74) is 0. The Morgan fingerprint density at radius 3 is 0.780 bits per heavy atom. The van der Waals surface area contributed by atoms with E-state index in [9.17, 15) is 43.2 Å². The highest BCUT2D eigenvalue weighted by atomic mass is 31.2. The van der Waals surface area contributed by atoms with Crippen LogP contribution in [0.15, 0.2) is 0 Å². The maximum Gasteiger partial charge on any atom is 0.472 e. The largest absolute Gasteiger partial charge is 0.472 e. The molecular formula is C72H140O17P2. The van der Waals surface area contributed by atoms with Crippen LogP contribution in [-0.4, -0.2) is 96.7 Å². The normalized spacial score (nSPS) is 14.5. The van der Waals surface area contributed by atoms with E-state index in [1.807, 2.05) is 0 Å². The maximum atomic E-state index is 13.0. The van der Waals surface area contributed by atoms with Crippen molar-refractivity contribution in [2.45, 2.75) is 375 Å². The number of phosphoric ester groups is 2. The van der Waals surface area contributed by atoms with E-state index in [4.69, 9.17) is 37.0 Å². The lowest BCUT2D eigenvalue weighted by molar-refractivity contribution is -0.161. The molecule has 540 valence electrons. The number of carbonyl (C=O) groups is 4. The SMILES string of the molecule is CCC(C)CCCCCCCCCCC(=O)O[C@H](COC(=O)CCCCCCCCCC(C)C)COP(=O)(O)OCC(O)COP(=O)(O)OC[C@@H](COC(=O)CCCCCCCCCCCCC(C)C)OC(=O)CCCCCCCCCCCCCCCC(C)C. The number of carbonyl (C=O) groups excluding carboxylic acids is 4. The zero-order chi connectivity index (χ0) is 67.5. The smallest absolute Gasteiger partial charge is 0.462 e. The first kappa shape index (κ1) is 89.1. The van der Waals surface area contributed by atoms with Gasteiger partial charge in [-0.05, 0) is 49.4 Å². The Morgan fingerprint density at radius 2 is 0.527 bits per heavy atom. The van der Waals surface area contributed by atoms with Crippen LogP contribution in [0, 0.1) is 23.7 Å². The molecule has 0 heterocycles. The summed E-state index contributed by atoms with van der Waals surface area (Å²) >= 11 is 0. The van der Waals surface area contributed by atoms with Gasteiger partial charge in [-0.1, -0.05) is 306 Å². The van der Waals surface area contributed by atoms with Crippen molar-refractivity contribution in [2.24, 2.45) is 23.7 Å². The van der Waals surface area contributed by atoms with Crippen molar-refractivity contribution >= 4 is 39.5 Å². The Morgan fingerprint density at radius 1 is 0.308 bits per heavy atom. The highest BCUT2D eigenvalue weighted by Gasteiger charge is 2.30. The summed E-state index contributed by atoms with van der Waals surface area (Å²) in [6.07, 6.45) is 44.4. The second-order valence-electron chi connectivity index (χ2n) is 27.6. The third-order valence-electron chi connectivity index (χ3n) is 16.9.